The molecule has 0 N–H and O–H groups in total. The molecule has 0 spiro atoms. The number of carbonyl (C=O) groups excluding carboxylic acids is 1. The molecule has 0 unspecified atom stereocenters. The van der Waals surface area contributed by atoms with Crippen molar-refractivity contribution in [2.45, 2.75) is 44.7 Å². The molecule has 1 aliphatic carbocycles. The summed E-state index contributed by atoms with van der Waals surface area (Å²) in [5.41, 5.74) is -4.16. The molecule has 0 amide bonds. The highest BCUT2D eigenvalue weighted by molar-refractivity contribution is 6.30. The topological polar surface area (TPSA) is 66.2 Å². The van der Waals surface area contributed by atoms with Crippen LogP contribution in [-0.4, -0.2) is 30.3 Å². The number of rotatable bonds is 8. The molecule has 1 heterocycles. The first-order valence-corrected chi connectivity index (χ1v) is 11.2. The lowest BCUT2D eigenvalue weighted by molar-refractivity contribution is -0.142. The highest BCUT2D eigenvalue weighted by atomic mass is 35.5. The minimum Gasteiger partial charge on any atom is -0.466 e. The molecule has 1 aromatic carbocycles. The van der Waals surface area contributed by atoms with Crippen molar-refractivity contribution in [2.75, 3.05) is 18.1 Å². The molecule has 192 valence electrons. The van der Waals surface area contributed by atoms with E-state index in [-0.39, 0.29) is 40.5 Å². The Morgan fingerprint density at radius 1 is 1.19 bits per heavy atom. The third-order valence-electron chi connectivity index (χ3n) is 5.55. The van der Waals surface area contributed by atoms with Gasteiger partial charge in [-0.25, -0.2) is 4.39 Å². The molecule has 0 atom stereocenters. The lowest BCUT2D eigenvalue weighted by Gasteiger charge is -2.36. The molecule has 3 rings (SSSR count). The van der Waals surface area contributed by atoms with E-state index in [1.165, 1.54) is 6.92 Å². The van der Waals surface area contributed by atoms with Crippen molar-refractivity contribution in [1.29, 1.82) is 5.26 Å². The summed E-state index contributed by atoms with van der Waals surface area (Å²) in [5, 5.41) is 9.38. The number of anilines is 1. The molecular weight excluding hydrogens is 512 g/mol. The number of hydrogen-bond donors (Lipinski definition) is 0. The molecule has 1 aliphatic rings. The Hall–Kier alpha value is -3.26. The summed E-state index contributed by atoms with van der Waals surface area (Å²) in [6, 6.07) is 5.44. The second-order valence-electron chi connectivity index (χ2n) is 7.97. The van der Waals surface area contributed by atoms with Gasteiger partial charge in [-0.2, -0.15) is 27.2 Å². The van der Waals surface area contributed by atoms with Crippen molar-refractivity contribution in [3.8, 4) is 6.07 Å². The highest BCUT2D eigenvalue weighted by Crippen LogP contribution is 2.44. The van der Waals surface area contributed by atoms with Gasteiger partial charge in [0.05, 0.1) is 41.9 Å². The van der Waals surface area contributed by atoms with Gasteiger partial charge in [-0.3, -0.25) is 9.78 Å². The number of aromatic nitrogens is 1. The average molecular weight is 532 g/mol. The maximum absolute atomic E-state index is 15.7. The normalized spacial score (nSPS) is 13.6. The van der Waals surface area contributed by atoms with Crippen LogP contribution < -0.4 is 4.90 Å². The Bertz CT molecular complexity index is 1200. The van der Waals surface area contributed by atoms with Crippen molar-refractivity contribution in [3.63, 3.8) is 0 Å². The largest absolute Gasteiger partial charge is 0.466 e. The van der Waals surface area contributed by atoms with Gasteiger partial charge in [0.25, 0.3) is 0 Å². The Morgan fingerprint density at radius 2 is 1.89 bits per heavy atom. The molecule has 1 aromatic heterocycles. The smallest absolute Gasteiger partial charge is 0.431 e. The summed E-state index contributed by atoms with van der Waals surface area (Å²) in [7, 11) is 0. The quantitative estimate of drug-likeness (QED) is 0.289. The SMILES string of the molecule is CCOC(=O)Cc1c(C#N)ccc(N(CC(F)(F)c2ccc(Cl)cn2)C(=C2CCC2)C(F)(F)F)c1F. The molecular formula is C24H20ClF6N3O2. The number of carbonyl (C=O) groups is 1. The van der Waals surface area contributed by atoms with Crippen LogP contribution in [0.5, 0.6) is 0 Å². The summed E-state index contributed by atoms with van der Waals surface area (Å²) in [5.74, 6) is -6.29. The fourth-order valence-electron chi connectivity index (χ4n) is 3.74. The van der Waals surface area contributed by atoms with Crippen LogP contribution >= 0.6 is 11.6 Å². The number of hydrogen-bond acceptors (Lipinski definition) is 5. The van der Waals surface area contributed by atoms with Crippen LogP contribution in [0.2, 0.25) is 5.02 Å². The van der Waals surface area contributed by atoms with Crippen molar-refractivity contribution in [1.82, 2.24) is 4.98 Å². The molecule has 2 aromatic rings. The van der Waals surface area contributed by atoms with Crippen molar-refractivity contribution < 1.29 is 35.9 Å². The van der Waals surface area contributed by atoms with Gasteiger partial charge in [-0.1, -0.05) is 11.6 Å². The zero-order chi connectivity index (χ0) is 26.7. The predicted molar refractivity (Wildman–Crippen MR) is 119 cm³/mol. The molecule has 0 saturated heterocycles. The van der Waals surface area contributed by atoms with Gasteiger partial charge in [-0.15, -0.1) is 0 Å². The van der Waals surface area contributed by atoms with Gasteiger partial charge in [0, 0.05) is 11.8 Å². The van der Waals surface area contributed by atoms with E-state index in [1.54, 1.807) is 6.07 Å². The van der Waals surface area contributed by atoms with Crippen LogP contribution in [0, 0.1) is 17.1 Å². The van der Waals surface area contributed by atoms with Crippen molar-refractivity contribution in [2.24, 2.45) is 0 Å². The van der Waals surface area contributed by atoms with Gasteiger partial charge in [0.15, 0.2) is 5.82 Å². The monoisotopic (exact) mass is 531 g/mol. The summed E-state index contributed by atoms with van der Waals surface area (Å²) in [6.45, 7) is -0.175. The summed E-state index contributed by atoms with van der Waals surface area (Å²) in [6.07, 6.45) is -4.52. The Kier molecular flexibility index (Phi) is 8.19. The number of benzene rings is 1. The maximum Gasteiger partial charge on any atom is 0.431 e. The molecule has 0 bridgehead atoms. The molecule has 0 aliphatic heterocycles. The number of nitriles is 1. The molecule has 0 radical (unpaired) electrons. The second-order valence-corrected chi connectivity index (χ2v) is 8.41. The first-order valence-electron chi connectivity index (χ1n) is 10.8. The fourth-order valence-corrected chi connectivity index (χ4v) is 3.85. The fraction of sp³-hybridized carbons (Fsp3) is 0.375. The second kappa shape index (κ2) is 10.8. The third kappa shape index (κ3) is 5.93. The first kappa shape index (κ1) is 27.3. The number of esters is 1. The number of nitrogens with zero attached hydrogens (tertiary/aromatic N) is 3. The number of allylic oxidation sites excluding steroid dienone is 2. The van der Waals surface area contributed by atoms with Crippen LogP contribution in [0.4, 0.5) is 32.0 Å². The Morgan fingerprint density at radius 3 is 2.39 bits per heavy atom. The Labute approximate surface area is 207 Å². The van der Waals surface area contributed by atoms with E-state index in [2.05, 4.69) is 4.98 Å². The minimum absolute atomic E-state index is 0.00366. The zero-order valence-electron chi connectivity index (χ0n) is 18.9. The molecule has 36 heavy (non-hydrogen) atoms. The Balaban J connectivity index is 2.19. The van der Waals surface area contributed by atoms with E-state index in [0.29, 0.717) is 6.42 Å². The van der Waals surface area contributed by atoms with Gasteiger partial charge in [-0.05, 0) is 56.0 Å². The van der Waals surface area contributed by atoms with Gasteiger partial charge in [0.2, 0.25) is 0 Å². The summed E-state index contributed by atoms with van der Waals surface area (Å²) in [4.78, 5) is 15.7. The van der Waals surface area contributed by atoms with Crippen molar-refractivity contribution in [3.05, 3.63) is 69.4 Å². The van der Waals surface area contributed by atoms with E-state index in [9.17, 15) is 23.2 Å². The van der Waals surface area contributed by atoms with Crippen LogP contribution in [0.25, 0.3) is 0 Å². The first-order chi connectivity index (χ1) is 16.9. The van der Waals surface area contributed by atoms with Gasteiger partial charge in [0.1, 0.15) is 11.4 Å². The number of alkyl halides is 5. The number of halogens is 7. The molecule has 1 fully saturated rings. The standard InChI is InChI=1S/C24H20ClF6N3O2/c1-2-36-20(35)10-17-15(11-32)6-8-18(21(17)26)34(22(24(29,30)31)14-4-3-5-14)13-23(27,28)19-9-7-16(25)12-33-19/h6-9,12H,2-5,10,13H2,1H3. The number of ether oxygens (including phenoxy) is 1. The van der Waals surface area contributed by atoms with E-state index in [1.807, 2.05) is 0 Å². The molecule has 12 heteroatoms. The van der Waals surface area contributed by atoms with E-state index in [0.717, 1.165) is 30.5 Å². The van der Waals surface area contributed by atoms with Crippen molar-refractivity contribution >= 4 is 23.3 Å². The van der Waals surface area contributed by atoms with E-state index < -0.39 is 59.5 Å². The van der Waals surface area contributed by atoms with Crippen LogP contribution in [-0.2, 0) is 21.9 Å². The minimum atomic E-state index is -5.10. The van der Waals surface area contributed by atoms with Crippen LogP contribution in [0.15, 0.2) is 41.7 Å². The zero-order valence-corrected chi connectivity index (χ0v) is 19.7. The lowest BCUT2D eigenvalue weighted by Crippen LogP contribution is -2.42. The van der Waals surface area contributed by atoms with Crippen LogP contribution in [0.1, 0.15) is 43.0 Å². The molecule has 5 nitrogen and oxygen atoms in total. The molecule has 1 saturated carbocycles. The summed E-state index contributed by atoms with van der Waals surface area (Å²) < 4.78 is 93.6. The predicted octanol–water partition coefficient (Wildman–Crippen LogP) is 6.45. The van der Waals surface area contributed by atoms with E-state index >= 15 is 13.2 Å². The van der Waals surface area contributed by atoms with Gasteiger partial charge >= 0.3 is 18.1 Å². The highest BCUT2D eigenvalue weighted by Gasteiger charge is 2.47. The van der Waals surface area contributed by atoms with E-state index in [4.69, 9.17) is 16.3 Å². The summed E-state index contributed by atoms with van der Waals surface area (Å²) >= 11 is 5.68. The average Bonchev–Trinajstić information content (AvgIpc) is 2.76. The number of pyridine rings is 1. The van der Waals surface area contributed by atoms with Crippen LogP contribution in [0.3, 0.4) is 0 Å². The third-order valence-corrected chi connectivity index (χ3v) is 5.77. The van der Waals surface area contributed by atoms with Gasteiger partial charge < -0.3 is 9.64 Å². The lowest BCUT2D eigenvalue weighted by atomic mass is 9.89. The maximum atomic E-state index is 15.7.